The van der Waals surface area contributed by atoms with Crippen LogP contribution in [0.15, 0.2) is 41.5 Å². The predicted octanol–water partition coefficient (Wildman–Crippen LogP) is 2.26. The minimum atomic E-state index is -4.16. The maximum absolute atomic E-state index is 15.2. The van der Waals surface area contributed by atoms with Crippen molar-refractivity contribution < 1.29 is 26.8 Å². The Labute approximate surface area is 213 Å². The van der Waals surface area contributed by atoms with Gasteiger partial charge in [0.25, 0.3) is 5.91 Å². The molecule has 13 heteroatoms. The highest BCUT2D eigenvalue weighted by Gasteiger charge is 2.60. The molecule has 1 saturated heterocycles. The van der Waals surface area contributed by atoms with E-state index in [1.54, 1.807) is 0 Å². The number of rotatable bonds is 5. The third-order valence-corrected chi connectivity index (χ3v) is 9.16. The van der Waals surface area contributed by atoms with Gasteiger partial charge in [0.1, 0.15) is 28.1 Å². The second-order valence-electron chi connectivity index (χ2n) is 9.64. The molecule has 1 aromatic carbocycles. The van der Waals surface area contributed by atoms with Crippen LogP contribution in [0.2, 0.25) is 0 Å². The minimum Gasteiger partial charge on any atom is -0.369 e. The van der Waals surface area contributed by atoms with Gasteiger partial charge in [0.2, 0.25) is 21.9 Å². The highest BCUT2D eigenvalue weighted by molar-refractivity contribution is 7.91. The van der Waals surface area contributed by atoms with Crippen molar-refractivity contribution in [1.82, 2.24) is 14.2 Å². The number of nitrogens with zero attached hydrogens (tertiary/aromatic N) is 4. The van der Waals surface area contributed by atoms with Crippen LogP contribution in [0.5, 0.6) is 0 Å². The Morgan fingerprint density at radius 2 is 1.97 bits per heavy atom. The largest absolute Gasteiger partial charge is 0.369 e. The molecule has 10 nitrogen and oxygen atoms in total. The molecule has 2 amide bonds. The van der Waals surface area contributed by atoms with Crippen molar-refractivity contribution in [2.45, 2.75) is 37.5 Å². The smallest absolute Gasteiger partial charge is 0.274 e. The fourth-order valence-corrected chi connectivity index (χ4v) is 6.66. The van der Waals surface area contributed by atoms with Gasteiger partial charge in [0.15, 0.2) is 0 Å². The third-order valence-electron chi connectivity index (χ3n) is 6.66. The summed E-state index contributed by atoms with van der Waals surface area (Å²) in [5.74, 6) is -2.45. The monoisotopic (exact) mass is 534 g/mol. The van der Waals surface area contributed by atoms with Crippen LogP contribution in [0, 0.1) is 17.6 Å². The van der Waals surface area contributed by atoms with Crippen molar-refractivity contribution in [2.75, 3.05) is 25.5 Å². The lowest BCUT2D eigenvalue weighted by atomic mass is 9.90. The number of nitrogens with one attached hydrogen (secondary N) is 1. The number of likely N-dealkylation sites (tertiary alicyclic amines) is 1. The molecule has 3 heterocycles. The van der Waals surface area contributed by atoms with E-state index < -0.39 is 38.4 Å². The molecule has 3 N–H and O–H groups in total. The summed E-state index contributed by atoms with van der Waals surface area (Å²) >= 11 is 0. The number of sulfonamides is 1. The van der Waals surface area contributed by atoms with Crippen molar-refractivity contribution in [1.29, 1.82) is 0 Å². The lowest BCUT2D eigenvalue weighted by molar-refractivity contribution is -0.131. The van der Waals surface area contributed by atoms with Crippen molar-refractivity contribution >= 4 is 33.5 Å². The van der Waals surface area contributed by atoms with E-state index in [2.05, 4.69) is 15.3 Å². The number of aliphatic imine (C=N–C) groups is 1. The zero-order valence-electron chi connectivity index (χ0n) is 20.6. The van der Waals surface area contributed by atoms with Crippen LogP contribution >= 0.6 is 0 Å². The molecule has 1 spiro atoms. The number of carbonyl (C=O) groups excluding carboxylic acids is 2. The van der Waals surface area contributed by atoms with Gasteiger partial charge in [0, 0.05) is 37.8 Å². The highest BCUT2D eigenvalue weighted by Crippen LogP contribution is 2.48. The fourth-order valence-electron chi connectivity index (χ4n) is 4.69. The Bertz CT molecular complexity index is 1370. The molecule has 1 unspecified atom stereocenters. The second-order valence-corrected chi connectivity index (χ2v) is 12.0. The van der Waals surface area contributed by atoms with E-state index in [0.717, 1.165) is 22.6 Å². The van der Waals surface area contributed by atoms with E-state index in [1.165, 1.54) is 30.1 Å². The first-order valence-corrected chi connectivity index (χ1v) is 13.1. The summed E-state index contributed by atoms with van der Waals surface area (Å²) in [6.07, 6.45) is 1.16. The molecule has 0 radical (unpaired) electrons. The number of guanidine groups is 1. The van der Waals surface area contributed by atoms with Crippen LogP contribution in [0.3, 0.4) is 0 Å². The number of aromatic nitrogens is 1. The first-order chi connectivity index (χ1) is 17.4. The molecular weight excluding hydrogens is 506 g/mol. The zero-order valence-corrected chi connectivity index (χ0v) is 21.4. The predicted molar refractivity (Wildman–Crippen MR) is 133 cm³/mol. The number of pyridine rings is 1. The Hall–Kier alpha value is -3.61. The molecule has 0 bridgehead atoms. The molecule has 4 rings (SSSR count). The van der Waals surface area contributed by atoms with Crippen LogP contribution < -0.4 is 11.1 Å². The summed E-state index contributed by atoms with van der Waals surface area (Å²) < 4.78 is 55.0. The van der Waals surface area contributed by atoms with Crippen LogP contribution in [-0.4, -0.2) is 65.3 Å². The topological polar surface area (TPSA) is 138 Å². The van der Waals surface area contributed by atoms with E-state index in [4.69, 9.17) is 5.73 Å². The standard InChI is InChI=1S/C24H28F2N6O4S/c1-14(2)10-20(33)32-9-8-24(13-32)21(30-23(27)31(3)37(24,35)36)17-11-16(5-6-18(17)26)29-22(34)19-7-4-15(25)12-28-19/h4-7,11-12,14,21H,8-10,13H2,1-3H3,(H2,27,30)(H,29,34)/t21-,24?/m1/s1. The Balaban J connectivity index is 1.73. The zero-order chi connectivity index (χ0) is 27.1. The maximum Gasteiger partial charge on any atom is 0.274 e. The Morgan fingerprint density at radius 1 is 1.24 bits per heavy atom. The molecule has 2 aromatic rings. The fraction of sp³-hybridized carbons (Fsp3) is 0.417. The van der Waals surface area contributed by atoms with E-state index in [-0.39, 0.29) is 60.7 Å². The molecule has 2 aliphatic heterocycles. The van der Waals surface area contributed by atoms with E-state index in [9.17, 15) is 22.4 Å². The van der Waals surface area contributed by atoms with Crippen molar-refractivity contribution in [2.24, 2.45) is 16.6 Å². The Morgan fingerprint density at radius 3 is 2.62 bits per heavy atom. The molecule has 37 heavy (non-hydrogen) atoms. The number of benzene rings is 1. The van der Waals surface area contributed by atoms with Crippen LogP contribution in [0.1, 0.15) is 48.8 Å². The van der Waals surface area contributed by atoms with E-state index >= 15 is 4.39 Å². The molecule has 2 atom stereocenters. The molecule has 198 valence electrons. The van der Waals surface area contributed by atoms with Gasteiger partial charge in [0.05, 0.1) is 6.20 Å². The number of amides is 2. The summed E-state index contributed by atoms with van der Waals surface area (Å²) in [5, 5.41) is 2.56. The molecular formula is C24H28F2N6O4S. The van der Waals surface area contributed by atoms with Crippen LogP contribution in [0.4, 0.5) is 14.5 Å². The minimum absolute atomic E-state index is 0.0283. The number of nitrogens with two attached hydrogens (primary N) is 1. The summed E-state index contributed by atoms with van der Waals surface area (Å²) in [6, 6.07) is 4.68. The number of hydrogen-bond donors (Lipinski definition) is 2. The normalized spacial score (nSPS) is 22.9. The number of carbonyl (C=O) groups is 2. The van der Waals surface area contributed by atoms with Gasteiger partial charge in [-0.15, -0.1) is 0 Å². The summed E-state index contributed by atoms with van der Waals surface area (Å²) in [7, 11) is -2.89. The SMILES string of the molecule is CC(C)CC(=O)N1CCC2(C1)[C@@H](c1cc(NC(=O)c3ccc(F)cn3)ccc1F)N=C(N)N(C)S2(=O)=O. The van der Waals surface area contributed by atoms with Gasteiger partial charge in [-0.25, -0.2) is 31.5 Å². The molecule has 1 fully saturated rings. The van der Waals surface area contributed by atoms with Gasteiger partial charge >= 0.3 is 0 Å². The first-order valence-electron chi connectivity index (χ1n) is 11.7. The molecule has 2 aliphatic rings. The van der Waals surface area contributed by atoms with Crippen molar-refractivity contribution in [3.8, 4) is 0 Å². The maximum atomic E-state index is 15.2. The summed E-state index contributed by atoms with van der Waals surface area (Å²) in [6.45, 7) is 3.76. The average Bonchev–Trinajstić information content (AvgIpc) is 3.29. The van der Waals surface area contributed by atoms with Crippen molar-refractivity contribution in [3.05, 3.63) is 59.4 Å². The van der Waals surface area contributed by atoms with Crippen molar-refractivity contribution in [3.63, 3.8) is 0 Å². The van der Waals surface area contributed by atoms with Gasteiger partial charge in [-0.3, -0.25) is 9.59 Å². The lowest BCUT2D eigenvalue weighted by Gasteiger charge is -2.42. The molecule has 0 aliphatic carbocycles. The van der Waals surface area contributed by atoms with Gasteiger partial charge in [-0.05, 0) is 42.7 Å². The second kappa shape index (κ2) is 9.69. The van der Waals surface area contributed by atoms with Gasteiger partial charge in [-0.1, -0.05) is 13.8 Å². The van der Waals surface area contributed by atoms with E-state index in [1.807, 2.05) is 13.8 Å². The highest BCUT2D eigenvalue weighted by atomic mass is 32.2. The van der Waals surface area contributed by atoms with E-state index in [0.29, 0.717) is 0 Å². The number of hydrogen-bond acceptors (Lipinski definition) is 7. The van der Waals surface area contributed by atoms with Gasteiger partial charge < -0.3 is 16.0 Å². The Kier molecular flexibility index (Phi) is 6.93. The lowest BCUT2D eigenvalue weighted by Crippen LogP contribution is -2.59. The summed E-state index contributed by atoms with van der Waals surface area (Å²) in [5.41, 5.74) is 5.93. The van der Waals surface area contributed by atoms with Crippen LogP contribution in [-0.2, 0) is 14.8 Å². The third kappa shape index (κ3) is 4.75. The first kappa shape index (κ1) is 26.5. The molecule has 1 aromatic heterocycles. The van der Waals surface area contributed by atoms with Crippen LogP contribution in [0.25, 0.3) is 0 Å². The quantitative estimate of drug-likeness (QED) is 0.604. The molecule has 0 saturated carbocycles. The summed E-state index contributed by atoms with van der Waals surface area (Å²) in [4.78, 5) is 34.9. The number of halogens is 2. The van der Waals surface area contributed by atoms with Gasteiger partial charge in [-0.2, -0.15) is 0 Å². The number of anilines is 1. The average molecular weight is 535 g/mol.